The van der Waals surface area contributed by atoms with Crippen molar-refractivity contribution >= 4 is 11.6 Å². The third-order valence-corrected chi connectivity index (χ3v) is 4.77. The monoisotopic (exact) mass is 405 g/mol. The second kappa shape index (κ2) is 8.95. The zero-order valence-corrected chi connectivity index (χ0v) is 15.8. The van der Waals surface area contributed by atoms with Crippen molar-refractivity contribution in [2.75, 3.05) is 20.1 Å². The number of nitro benzene ring substituents is 1. The van der Waals surface area contributed by atoms with Crippen molar-refractivity contribution in [1.29, 1.82) is 0 Å². The molecule has 0 N–H and O–H groups in total. The molecule has 2 unspecified atom stereocenters. The van der Waals surface area contributed by atoms with Gasteiger partial charge in [0.1, 0.15) is 11.8 Å². The topological polar surface area (TPSA) is 75.7 Å². The fraction of sp³-hybridized carbons (Fsp3) is 0.350. The fourth-order valence-corrected chi connectivity index (χ4v) is 3.08. The highest BCUT2D eigenvalue weighted by molar-refractivity contribution is 5.84. The summed E-state index contributed by atoms with van der Waals surface area (Å²) in [5.74, 6) is 0.0920. The van der Waals surface area contributed by atoms with E-state index in [-0.39, 0.29) is 23.4 Å². The number of rotatable bonds is 9. The van der Waals surface area contributed by atoms with E-state index in [9.17, 15) is 23.7 Å². The Labute approximate surface area is 166 Å². The van der Waals surface area contributed by atoms with E-state index >= 15 is 0 Å². The zero-order valence-electron chi connectivity index (χ0n) is 15.8. The minimum Gasteiger partial charge on any atom is -0.435 e. The number of benzene rings is 2. The molecule has 0 radical (unpaired) electrons. The Morgan fingerprint density at radius 2 is 2.00 bits per heavy atom. The molecule has 0 bridgehead atoms. The summed E-state index contributed by atoms with van der Waals surface area (Å²) in [4.78, 5) is 26.4. The molecule has 9 heteroatoms. The maximum absolute atomic E-state index is 12.6. The van der Waals surface area contributed by atoms with Gasteiger partial charge in [0.05, 0.1) is 4.92 Å². The standard InChI is InChI=1S/C20H21F2N3O4/c1-23(10-9-14-5-7-16(8-6-14)25(27)28)19(26)18-13-24(18)12-15-3-2-4-17(11-15)29-20(21)22/h2-8,11,18,20H,9-10,12-13H2,1H3. The second-order valence-corrected chi connectivity index (χ2v) is 6.90. The van der Waals surface area contributed by atoms with Gasteiger partial charge >= 0.3 is 6.61 Å². The molecule has 7 nitrogen and oxygen atoms in total. The van der Waals surface area contributed by atoms with Gasteiger partial charge in [0.2, 0.25) is 5.91 Å². The van der Waals surface area contributed by atoms with Gasteiger partial charge in [-0.15, -0.1) is 0 Å². The minimum absolute atomic E-state index is 0.00750. The van der Waals surface area contributed by atoms with Crippen molar-refractivity contribution in [1.82, 2.24) is 9.80 Å². The lowest BCUT2D eigenvalue weighted by atomic mass is 10.1. The quantitative estimate of drug-likeness (QED) is 0.364. The van der Waals surface area contributed by atoms with Crippen LogP contribution in [0.5, 0.6) is 5.75 Å². The van der Waals surface area contributed by atoms with E-state index in [2.05, 4.69) is 4.74 Å². The van der Waals surface area contributed by atoms with E-state index in [0.29, 0.717) is 26.1 Å². The number of likely N-dealkylation sites (N-methyl/N-ethyl adjacent to an activating group) is 1. The van der Waals surface area contributed by atoms with Crippen LogP contribution in [-0.4, -0.2) is 53.4 Å². The molecule has 154 valence electrons. The first kappa shape index (κ1) is 20.7. The summed E-state index contributed by atoms with van der Waals surface area (Å²) in [5, 5.41) is 10.7. The van der Waals surface area contributed by atoms with Crippen LogP contribution in [0.2, 0.25) is 0 Å². The number of nitro groups is 1. The summed E-state index contributed by atoms with van der Waals surface area (Å²) in [6, 6.07) is 12.5. The largest absolute Gasteiger partial charge is 0.435 e. The molecule has 2 aromatic rings. The molecule has 0 aliphatic carbocycles. The molecule has 1 aliphatic rings. The minimum atomic E-state index is -2.87. The third-order valence-electron chi connectivity index (χ3n) is 4.77. The maximum atomic E-state index is 12.6. The average molecular weight is 405 g/mol. The number of hydrogen-bond donors (Lipinski definition) is 0. The fourth-order valence-electron chi connectivity index (χ4n) is 3.08. The van der Waals surface area contributed by atoms with E-state index in [1.54, 1.807) is 42.3 Å². The Balaban J connectivity index is 1.47. The summed E-state index contributed by atoms with van der Waals surface area (Å²) in [6.07, 6.45) is 0.597. The van der Waals surface area contributed by atoms with Crippen molar-refractivity contribution < 1.29 is 23.2 Å². The van der Waals surface area contributed by atoms with E-state index < -0.39 is 11.5 Å². The number of ether oxygens (including phenoxy) is 1. The number of carbonyl (C=O) groups excluding carboxylic acids is 1. The lowest BCUT2D eigenvalue weighted by molar-refractivity contribution is -0.384. The van der Waals surface area contributed by atoms with Crippen molar-refractivity contribution in [2.24, 2.45) is 0 Å². The Morgan fingerprint density at radius 1 is 1.28 bits per heavy atom. The summed E-state index contributed by atoms with van der Waals surface area (Å²) in [6.45, 7) is -1.28. The van der Waals surface area contributed by atoms with E-state index in [4.69, 9.17) is 0 Å². The molecule has 2 atom stereocenters. The van der Waals surface area contributed by atoms with Gasteiger partial charge in [0.25, 0.3) is 5.69 Å². The summed E-state index contributed by atoms with van der Waals surface area (Å²) < 4.78 is 29.0. The number of carbonyl (C=O) groups is 1. The van der Waals surface area contributed by atoms with E-state index in [1.165, 1.54) is 18.2 Å². The zero-order chi connectivity index (χ0) is 21.0. The molecule has 1 aliphatic heterocycles. The first-order chi connectivity index (χ1) is 13.8. The molecule has 1 heterocycles. The van der Waals surface area contributed by atoms with Crippen LogP contribution in [0.3, 0.4) is 0 Å². The lowest BCUT2D eigenvalue weighted by Crippen LogP contribution is -2.34. The lowest BCUT2D eigenvalue weighted by Gasteiger charge is -2.17. The first-order valence-corrected chi connectivity index (χ1v) is 9.09. The van der Waals surface area contributed by atoms with Crippen LogP contribution in [-0.2, 0) is 17.8 Å². The number of amides is 1. The number of alkyl halides is 2. The summed E-state index contributed by atoms with van der Waals surface area (Å²) in [5.41, 5.74) is 1.75. The van der Waals surface area contributed by atoms with Crippen molar-refractivity contribution in [3.8, 4) is 5.75 Å². The molecule has 0 aromatic heterocycles. The molecule has 2 aromatic carbocycles. The normalized spacial score (nSPS) is 17.8. The molecule has 3 rings (SSSR count). The van der Waals surface area contributed by atoms with Crippen LogP contribution in [0.1, 0.15) is 11.1 Å². The number of halogens is 2. The van der Waals surface area contributed by atoms with Crippen molar-refractivity contribution in [2.45, 2.75) is 25.6 Å². The summed E-state index contributed by atoms with van der Waals surface area (Å²) >= 11 is 0. The van der Waals surface area contributed by atoms with E-state index in [0.717, 1.165) is 11.1 Å². The Morgan fingerprint density at radius 3 is 2.66 bits per heavy atom. The maximum Gasteiger partial charge on any atom is 0.387 e. The van der Waals surface area contributed by atoms with Crippen LogP contribution in [0.25, 0.3) is 0 Å². The Bertz CT molecular complexity index is 876. The molecule has 0 spiro atoms. The van der Waals surface area contributed by atoms with Crippen LogP contribution < -0.4 is 4.74 Å². The molecule has 1 saturated heterocycles. The molecule has 1 amide bonds. The Hall–Kier alpha value is -3.07. The van der Waals surface area contributed by atoms with Gasteiger partial charge in [-0.2, -0.15) is 8.78 Å². The number of nitrogens with zero attached hydrogens (tertiary/aromatic N) is 3. The highest BCUT2D eigenvalue weighted by Crippen LogP contribution is 2.25. The van der Waals surface area contributed by atoms with Gasteiger partial charge in [-0.25, -0.2) is 0 Å². The van der Waals surface area contributed by atoms with Gasteiger partial charge in [-0.1, -0.05) is 24.3 Å². The van der Waals surface area contributed by atoms with E-state index in [1.807, 2.05) is 4.90 Å². The SMILES string of the molecule is CN(CCc1ccc([N+](=O)[O-])cc1)C(=O)C1CN1Cc1cccc(OC(F)F)c1. The predicted octanol–water partition coefficient (Wildman–Crippen LogP) is 3.08. The molecule has 1 fully saturated rings. The van der Waals surface area contributed by atoms with Crippen LogP contribution in [0, 0.1) is 10.1 Å². The predicted molar refractivity (Wildman–Crippen MR) is 102 cm³/mol. The third kappa shape index (κ3) is 5.71. The molecule has 29 heavy (non-hydrogen) atoms. The summed E-state index contributed by atoms with van der Waals surface area (Å²) in [7, 11) is 1.72. The van der Waals surface area contributed by atoms with Crippen LogP contribution in [0.4, 0.5) is 14.5 Å². The van der Waals surface area contributed by atoms with Crippen LogP contribution in [0.15, 0.2) is 48.5 Å². The van der Waals surface area contributed by atoms with Crippen LogP contribution >= 0.6 is 0 Å². The van der Waals surface area contributed by atoms with Gasteiger partial charge in [-0.05, 0) is 29.7 Å². The molecular weight excluding hydrogens is 384 g/mol. The molecule has 0 saturated carbocycles. The Kier molecular flexibility index (Phi) is 6.38. The van der Waals surface area contributed by atoms with Gasteiger partial charge < -0.3 is 9.64 Å². The highest BCUT2D eigenvalue weighted by atomic mass is 19.3. The van der Waals surface area contributed by atoms with Crippen molar-refractivity contribution in [3.63, 3.8) is 0 Å². The molecular formula is C20H21F2N3O4. The van der Waals surface area contributed by atoms with Gasteiger partial charge in [0.15, 0.2) is 0 Å². The number of hydrogen-bond acceptors (Lipinski definition) is 5. The highest BCUT2D eigenvalue weighted by Gasteiger charge is 2.41. The number of non-ortho nitro benzene ring substituents is 1. The second-order valence-electron chi connectivity index (χ2n) is 6.90. The van der Waals surface area contributed by atoms with Gasteiger partial charge in [-0.3, -0.25) is 19.8 Å². The first-order valence-electron chi connectivity index (χ1n) is 9.09. The van der Waals surface area contributed by atoms with Crippen molar-refractivity contribution in [3.05, 3.63) is 69.8 Å². The smallest absolute Gasteiger partial charge is 0.387 e. The average Bonchev–Trinajstić information content (AvgIpc) is 3.44. The van der Waals surface area contributed by atoms with Gasteiger partial charge in [0, 0.05) is 38.8 Å².